The Balaban J connectivity index is 1.67. The number of hydrogen-bond donors (Lipinski definition) is 3. The number of carbonyl (C=O) groups excluding carboxylic acids is 1. The molecule has 0 aliphatic rings. The molecule has 1 amide bonds. The molecule has 2 heterocycles. The van der Waals surface area contributed by atoms with Gasteiger partial charge in [0.1, 0.15) is 10.7 Å². The monoisotopic (exact) mass is 434 g/mol. The largest absolute Gasteiger partial charge is 0.350 e. The quantitative estimate of drug-likeness (QED) is 0.546. The van der Waals surface area contributed by atoms with Gasteiger partial charge < -0.3 is 10.3 Å². The highest BCUT2D eigenvalue weighted by atomic mass is 32.2. The number of sulfonamides is 1. The van der Waals surface area contributed by atoms with Gasteiger partial charge in [-0.15, -0.1) is 11.3 Å². The number of fused-ring (bicyclic) bond motifs is 1. The Labute approximate surface area is 172 Å². The Morgan fingerprint density at radius 2 is 2.07 bits per heavy atom. The van der Waals surface area contributed by atoms with Gasteiger partial charge in [-0.2, -0.15) is 0 Å². The summed E-state index contributed by atoms with van der Waals surface area (Å²) in [4.78, 5) is 33.6. The molecule has 0 bridgehead atoms. The van der Waals surface area contributed by atoms with Crippen LogP contribution < -0.4 is 16.0 Å². The van der Waals surface area contributed by atoms with E-state index in [1.54, 1.807) is 19.1 Å². The molecule has 4 N–H and O–H groups in total. The average Bonchev–Trinajstić information content (AvgIpc) is 2.93. The van der Waals surface area contributed by atoms with Crippen LogP contribution in [-0.2, 0) is 21.2 Å². The lowest BCUT2D eigenvalue weighted by atomic mass is 10.1. The third kappa shape index (κ3) is 4.72. The summed E-state index contributed by atoms with van der Waals surface area (Å²) in [7, 11) is -3.81. The molecule has 3 rings (SSSR count). The van der Waals surface area contributed by atoms with Crippen LogP contribution in [0.1, 0.15) is 41.2 Å². The summed E-state index contributed by atoms with van der Waals surface area (Å²) in [5.74, 6) is 0.225. The van der Waals surface area contributed by atoms with E-state index < -0.39 is 16.1 Å². The number of benzene rings is 1. The number of primary sulfonamides is 1. The Kier molecular flexibility index (Phi) is 5.87. The lowest BCUT2D eigenvalue weighted by molar-refractivity contribution is -0.121. The Morgan fingerprint density at radius 1 is 1.34 bits per heavy atom. The van der Waals surface area contributed by atoms with E-state index in [0.29, 0.717) is 21.6 Å². The van der Waals surface area contributed by atoms with Crippen LogP contribution in [0.3, 0.4) is 0 Å². The number of thiophene rings is 1. The van der Waals surface area contributed by atoms with Crippen LogP contribution >= 0.6 is 11.3 Å². The van der Waals surface area contributed by atoms with Crippen molar-refractivity contribution in [3.8, 4) is 0 Å². The van der Waals surface area contributed by atoms with E-state index in [1.165, 1.54) is 23.5 Å². The van der Waals surface area contributed by atoms with Gasteiger partial charge in [0.25, 0.3) is 5.56 Å². The number of aryl methyl sites for hydroxylation is 3. The summed E-state index contributed by atoms with van der Waals surface area (Å²) in [5.41, 5.74) is 1.36. The van der Waals surface area contributed by atoms with Crippen LogP contribution in [-0.4, -0.2) is 24.3 Å². The smallest absolute Gasteiger partial charge is 0.259 e. The summed E-state index contributed by atoms with van der Waals surface area (Å²) in [6.07, 6.45) is 0.425. The van der Waals surface area contributed by atoms with E-state index in [-0.39, 0.29) is 29.2 Å². The lowest BCUT2D eigenvalue weighted by Crippen LogP contribution is -2.27. The first-order chi connectivity index (χ1) is 13.6. The van der Waals surface area contributed by atoms with Gasteiger partial charge in [0.05, 0.1) is 16.3 Å². The van der Waals surface area contributed by atoms with E-state index in [0.717, 1.165) is 10.4 Å². The molecule has 0 saturated carbocycles. The lowest BCUT2D eigenvalue weighted by Gasteiger charge is -2.15. The predicted molar refractivity (Wildman–Crippen MR) is 112 cm³/mol. The number of rotatable bonds is 6. The highest BCUT2D eigenvalue weighted by Gasteiger charge is 2.15. The van der Waals surface area contributed by atoms with Gasteiger partial charge in [0.2, 0.25) is 15.9 Å². The van der Waals surface area contributed by atoms with Crippen LogP contribution in [0.2, 0.25) is 0 Å². The van der Waals surface area contributed by atoms with Crippen molar-refractivity contribution in [2.45, 2.75) is 44.6 Å². The second kappa shape index (κ2) is 8.05. The molecule has 10 heteroatoms. The molecule has 1 atom stereocenters. The molecule has 0 spiro atoms. The highest BCUT2D eigenvalue weighted by Crippen LogP contribution is 2.25. The van der Waals surface area contributed by atoms with Crippen molar-refractivity contribution in [3.05, 3.63) is 56.4 Å². The average molecular weight is 435 g/mol. The highest BCUT2D eigenvalue weighted by molar-refractivity contribution is 7.89. The van der Waals surface area contributed by atoms with E-state index in [9.17, 15) is 18.0 Å². The molecule has 1 unspecified atom stereocenters. The molecule has 0 radical (unpaired) electrons. The van der Waals surface area contributed by atoms with Crippen LogP contribution in [0, 0.1) is 13.8 Å². The molecule has 154 valence electrons. The third-order valence-corrected chi connectivity index (χ3v) is 6.75. The summed E-state index contributed by atoms with van der Waals surface area (Å²) >= 11 is 1.46. The zero-order valence-electron chi connectivity index (χ0n) is 16.3. The maximum Gasteiger partial charge on any atom is 0.259 e. The number of carbonyl (C=O) groups is 1. The maximum absolute atomic E-state index is 12.3. The Bertz CT molecular complexity index is 1240. The van der Waals surface area contributed by atoms with Gasteiger partial charge in [-0.3, -0.25) is 9.59 Å². The van der Waals surface area contributed by atoms with Gasteiger partial charge in [0.15, 0.2) is 0 Å². The minimum atomic E-state index is -3.81. The minimum absolute atomic E-state index is 0.00675. The first-order valence-electron chi connectivity index (χ1n) is 8.97. The zero-order chi connectivity index (χ0) is 21.3. The fraction of sp³-hybridized carbons (Fsp3) is 0.316. The second-order valence-electron chi connectivity index (χ2n) is 6.88. The maximum atomic E-state index is 12.3. The summed E-state index contributed by atoms with van der Waals surface area (Å²) in [6, 6.07) is 5.73. The van der Waals surface area contributed by atoms with Gasteiger partial charge in [-0.25, -0.2) is 18.5 Å². The van der Waals surface area contributed by atoms with Crippen LogP contribution in [0.15, 0.2) is 34.0 Å². The second-order valence-corrected chi connectivity index (χ2v) is 9.65. The zero-order valence-corrected chi connectivity index (χ0v) is 17.9. The Hall–Kier alpha value is -2.56. The van der Waals surface area contributed by atoms with Crippen LogP contribution in [0.4, 0.5) is 0 Å². The van der Waals surface area contributed by atoms with Crippen molar-refractivity contribution in [3.63, 3.8) is 0 Å². The molecular formula is C19H22N4O4S2. The number of aromatic nitrogens is 2. The molecular weight excluding hydrogens is 412 g/mol. The van der Waals surface area contributed by atoms with E-state index in [1.807, 2.05) is 13.8 Å². The van der Waals surface area contributed by atoms with Crippen molar-refractivity contribution in [2.24, 2.45) is 5.14 Å². The van der Waals surface area contributed by atoms with Crippen LogP contribution in [0.25, 0.3) is 10.2 Å². The number of hydrogen-bond acceptors (Lipinski definition) is 6. The van der Waals surface area contributed by atoms with Gasteiger partial charge in [-0.05, 0) is 44.0 Å². The SMILES string of the molecule is Cc1sc2nc(CCC(=O)NC(C)c3cccc(S(N)(=O)=O)c3)[nH]c(=O)c2c1C. The standard InChI is InChI=1S/C19H22N4O4S2/c1-10-12(3)28-19-17(10)18(25)22-15(23-19)7-8-16(24)21-11(2)13-5-4-6-14(9-13)29(20,26)27/h4-6,9,11H,7-8H2,1-3H3,(H,21,24)(H2,20,26,27)(H,22,23,25). The Morgan fingerprint density at radius 3 is 2.76 bits per heavy atom. The topological polar surface area (TPSA) is 135 Å². The van der Waals surface area contributed by atoms with E-state index in [2.05, 4.69) is 15.3 Å². The number of aromatic amines is 1. The van der Waals surface area contributed by atoms with E-state index in [4.69, 9.17) is 5.14 Å². The fourth-order valence-electron chi connectivity index (χ4n) is 3.01. The molecule has 3 aromatic rings. The molecule has 0 aliphatic carbocycles. The van der Waals surface area contributed by atoms with Crippen molar-refractivity contribution in [1.82, 2.24) is 15.3 Å². The van der Waals surface area contributed by atoms with Gasteiger partial charge >= 0.3 is 0 Å². The first-order valence-corrected chi connectivity index (χ1v) is 11.3. The van der Waals surface area contributed by atoms with Crippen molar-refractivity contribution in [1.29, 1.82) is 0 Å². The van der Waals surface area contributed by atoms with E-state index >= 15 is 0 Å². The number of nitrogens with zero attached hydrogens (tertiary/aromatic N) is 1. The molecule has 0 aliphatic heterocycles. The number of nitrogens with two attached hydrogens (primary N) is 1. The van der Waals surface area contributed by atoms with Crippen molar-refractivity contribution in [2.75, 3.05) is 0 Å². The number of nitrogens with one attached hydrogen (secondary N) is 2. The van der Waals surface area contributed by atoms with Crippen molar-refractivity contribution < 1.29 is 13.2 Å². The predicted octanol–water partition coefficient (Wildman–Crippen LogP) is 2.06. The normalized spacial score (nSPS) is 12.8. The molecule has 2 aromatic heterocycles. The molecule has 8 nitrogen and oxygen atoms in total. The summed E-state index contributed by atoms with van der Waals surface area (Å²) in [6.45, 7) is 5.59. The summed E-state index contributed by atoms with van der Waals surface area (Å²) in [5, 5.41) is 8.57. The first kappa shape index (κ1) is 21.2. The number of H-pyrrole nitrogens is 1. The number of amides is 1. The third-order valence-electron chi connectivity index (χ3n) is 4.74. The molecule has 1 aromatic carbocycles. The minimum Gasteiger partial charge on any atom is -0.350 e. The fourth-order valence-corrected chi connectivity index (χ4v) is 4.62. The van der Waals surface area contributed by atoms with Crippen molar-refractivity contribution >= 4 is 37.5 Å². The van der Waals surface area contributed by atoms with Crippen LogP contribution in [0.5, 0.6) is 0 Å². The summed E-state index contributed by atoms with van der Waals surface area (Å²) < 4.78 is 23.0. The molecule has 0 saturated heterocycles. The molecule has 0 fully saturated rings. The van der Waals surface area contributed by atoms with Gasteiger partial charge in [-0.1, -0.05) is 12.1 Å². The van der Waals surface area contributed by atoms with Gasteiger partial charge in [0, 0.05) is 17.7 Å². The molecule has 29 heavy (non-hydrogen) atoms.